The first-order valence-electron chi connectivity index (χ1n) is 8.86. The van der Waals surface area contributed by atoms with Crippen molar-refractivity contribution in [3.63, 3.8) is 0 Å². The number of esters is 1. The quantitative estimate of drug-likeness (QED) is 0.484. The molecule has 0 radical (unpaired) electrons. The van der Waals surface area contributed by atoms with E-state index in [0.29, 0.717) is 31.3 Å². The molecule has 0 aromatic heterocycles. The molecule has 3 saturated carbocycles. The van der Waals surface area contributed by atoms with Crippen LogP contribution in [-0.2, 0) is 14.3 Å². The highest BCUT2D eigenvalue weighted by molar-refractivity contribution is 5.86. The van der Waals surface area contributed by atoms with Gasteiger partial charge in [-0.3, -0.25) is 9.59 Å². The van der Waals surface area contributed by atoms with Crippen LogP contribution in [0, 0.1) is 28.6 Å². The lowest BCUT2D eigenvalue weighted by Gasteiger charge is -2.44. The van der Waals surface area contributed by atoms with Gasteiger partial charge < -0.3 is 20.1 Å². The largest absolute Gasteiger partial charge is 0.481 e. The van der Waals surface area contributed by atoms with Gasteiger partial charge in [0.25, 0.3) is 0 Å². The van der Waals surface area contributed by atoms with Crippen LogP contribution in [-0.4, -0.2) is 44.6 Å². The van der Waals surface area contributed by atoms with Gasteiger partial charge in [-0.2, -0.15) is 0 Å². The van der Waals surface area contributed by atoms with Gasteiger partial charge in [-0.1, -0.05) is 12.7 Å². The average Bonchev–Trinajstić information content (AvgIpc) is 2.95. The number of hydrogen-bond donors (Lipinski definition) is 3. The highest BCUT2D eigenvalue weighted by atomic mass is 16.6. The van der Waals surface area contributed by atoms with Gasteiger partial charge in [0.2, 0.25) is 0 Å². The number of ether oxygens (including phenoxy) is 1. The van der Waals surface area contributed by atoms with Gasteiger partial charge in [-0.25, -0.2) is 0 Å². The topological polar surface area (TPSA) is 104 Å². The number of carbonyl (C=O) groups is 2. The zero-order chi connectivity index (χ0) is 18.0. The molecule has 0 aromatic carbocycles. The maximum absolute atomic E-state index is 12.7. The molecule has 0 unspecified atom stereocenters. The molecule has 1 spiro atoms. The third-order valence-electron chi connectivity index (χ3n) is 8.12. The molecule has 0 amide bonds. The molecule has 1 aliphatic heterocycles. The van der Waals surface area contributed by atoms with E-state index in [1.165, 1.54) is 0 Å². The Morgan fingerprint density at radius 2 is 2.16 bits per heavy atom. The number of carboxylic acid groups (broad SMARTS) is 1. The van der Waals surface area contributed by atoms with Crippen molar-refractivity contribution in [3.05, 3.63) is 24.3 Å². The van der Waals surface area contributed by atoms with E-state index in [-0.39, 0.29) is 5.92 Å². The summed E-state index contributed by atoms with van der Waals surface area (Å²) in [7, 11) is 0. The molecule has 1 saturated heterocycles. The molecule has 8 atom stereocenters. The van der Waals surface area contributed by atoms with Gasteiger partial charge >= 0.3 is 11.9 Å². The minimum atomic E-state index is -1.27. The van der Waals surface area contributed by atoms with Crippen LogP contribution in [0.1, 0.15) is 32.6 Å². The zero-order valence-electron chi connectivity index (χ0n) is 14.1. The summed E-state index contributed by atoms with van der Waals surface area (Å²) in [4.78, 5) is 25.1. The summed E-state index contributed by atoms with van der Waals surface area (Å²) in [6.07, 6.45) is 4.11. The number of carbonyl (C=O) groups excluding carboxylic acids is 1. The third kappa shape index (κ3) is 1.36. The standard InChI is InChI=1S/C19H22O6/c1-9-7-17-8-18(9,24)5-3-10(17)19-6-4-11(20)16(2,15(23)25-19)13(19)12(17)14(21)22/h4,6,10-13,20,24H,1,3,5,7-8H2,2H3,(H,21,22)/t10-,11+,12-,13-,16-,17+,18+,19+/m1/s1. The molecule has 4 aliphatic carbocycles. The number of fused-ring (bicyclic) bond motifs is 1. The average molecular weight is 346 g/mol. The summed E-state index contributed by atoms with van der Waals surface area (Å²) >= 11 is 0. The van der Waals surface area contributed by atoms with Crippen LogP contribution >= 0.6 is 0 Å². The van der Waals surface area contributed by atoms with E-state index < -0.39 is 51.9 Å². The third-order valence-corrected chi connectivity index (χ3v) is 8.12. The van der Waals surface area contributed by atoms with Crippen LogP contribution in [0.4, 0.5) is 0 Å². The van der Waals surface area contributed by atoms with Crippen molar-refractivity contribution < 1.29 is 29.6 Å². The first-order chi connectivity index (χ1) is 11.6. The fourth-order valence-corrected chi connectivity index (χ4v) is 7.13. The zero-order valence-corrected chi connectivity index (χ0v) is 14.1. The summed E-state index contributed by atoms with van der Waals surface area (Å²) in [6, 6.07) is 0. The van der Waals surface area contributed by atoms with E-state index in [0.717, 1.165) is 0 Å². The molecular formula is C19H22O6. The van der Waals surface area contributed by atoms with Gasteiger partial charge in [0.1, 0.15) is 11.0 Å². The van der Waals surface area contributed by atoms with Crippen molar-refractivity contribution in [3.8, 4) is 0 Å². The maximum atomic E-state index is 12.7. The lowest BCUT2D eigenvalue weighted by Crippen LogP contribution is -2.50. The highest BCUT2D eigenvalue weighted by Gasteiger charge is 2.83. The van der Waals surface area contributed by atoms with E-state index in [1.807, 2.05) is 0 Å². The molecule has 5 aliphatic rings. The number of carboxylic acids is 1. The van der Waals surface area contributed by atoms with E-state index in [9.17, 15) is 24.9 Å². The van der Waals surface area contributed by atoms with Crippen molar-refractivity contribution in [2.75, 3.05) is 0 Å². The summed E-state index contributed by atoms with van der Waals surface area (Å²) in [5, 5.41) is 31.6. The van der Waals surface area contributed by atoms with Crippen LogP contribution in [0.15, 0.2) is 24.3 Å². The summed E-state index contributed by atoms with van der Waals surface area (Å²) < 4.78 is 5.87. The summed E-state index contributed by atoms with van der Waals surface area (Å²) in [5.41, 5.74) is -3.29. The molecule has 134 valence electrons. The Kier molecular flexibility index (Phi) is 2.50. The molecule has 1 heterocycles. The fourth-order valence-electron chi connectivity index (χ4n) is 7.13. The Labute approximate surface area is 145 Å². The van der Waals surface area contributed by atoms with Crippen molar-refractivity contribution >= 4 is 11.9 Å². The van der Waals surface area contributed by atoms with E-state index in [4.69, 9.17) is 4.74 Å². The van der Waals surface area contributed by atoms with Gasteiger partial charge in [0.15, 0.2) is 0 Å². The normalized spacial score (nSPS) is 58.0. The number of aliphatic hydroxyl groups is 2. The smallest absolute Gasteiger partial charge is 0.316 e. The molecular weight excluding hydrogens is 324 g/mol. The highest BCUT2D eigenvalue weighted by Crippen LogP contribution is 2.77. The predicted molar refractivity (Wildman–Crippen MR) is 85.2 cm³/mol. The van der Waals surface area contributed by atoms with Crippen LogP contribution in [0.2, 0.25) is 0 Å². The monoisotopic (exact) mass is 346 g/mol. The Morgan fingerprint density at radius 3 is 2.84 bits per heavy atom. The molecule has 6 nitrogen and oxygen atoms in total. The molecule has 25 heavy (non-hydrogen) atoms. The Bertz CT molecular complexity index is 772. The van der Waals surface area contributed by atoms with Gasteiger partial charge in [-0.05, 0) is 49.7 Å². The van der Waals surface area contributed by atoms with Crippen molar-refractivity contribution in [1.29, 1.82) is 0 Å². The van der Waals surface area contributed by atoms with E-state index in [1.54, 1.807) is 19.1 Å². The van der Waals surface area contributed by atoms with Crippen LogP contribution in [0.3, 0.4) is 0 Å². The summed E-state index contributed by atoms with van der Waals surface area (Å²) in [6.45, 7) is 5.64. The molecule has 0 aromatic rings. The van der Waals surface area contributed by atoms with Crippen LogP contribution < -0.4 is 0 Å². The fraction of sp³-hybridized carbons (Fsp3) is 0.684. The maximum Gasteiger partial charge on any atom is 0.316 e. The molecule has 4 fully saturated rings. The van der Waals surface area contributed by atoms with E-state index >= 15 is 0 Å². The lowest BCUT2D eigenvalue weighted by molar-refractivity contribution is -0.163. The predicted octanol–water partition coefficient (Wildman–Crippen LogP) is 1.03. The second kappa shape index (κ2) is 4.01. The minimum Gasteiger partial charge on any atom is -0.481 e. The second-order valence-corrected chi connectivity index (χ2v) is 8.94. The molecule has 3 N–H and O–H groups in total. The number of aliphatic hydroxyl groups excluding tert-OH is 1. The Morgan fingerprint density at radius 1 is 1.44 bits per heavy atom. The van der Waals surface area contributed by atoms with Gasteiger partial charge in [-0.15, -0.1) is 0 Å². The van der Waals surface area contributed by atoms with Gasteiger partial charge in [0, 0.05) is 11.8 Å². The Hall–Kier alpha value is -1.66. The Balaban J connectivity index is 1.78. The number of hydrogen-bond acceptors (Lipinski definition) is 5. The molecule has 6 heteroatoms. The first-order valence-corrected chi connectivity index (χ1v) is 8.86. The number of rotatable bonds is 1. The van der Waals surface area contributed by atoms with Crippen molar-refractivity contribution in [1.82, 2.24) is 0 Å². The number of aliphatic carboxylic acids is 1. The van der Waals surface area contributed by atoms with Crippen LogP contribution in [0.25, 0.3) is 0 Å². The minimum absolute atomic E-state index is 0.180. The van der Waals surface area contributed by atoms with E-state index in [2.05, 4.69) is 6.58 Å². The molecule has 4 bridgehead atoms. The SMILES string of the molecule is C=C1C[C@]23C[C@@]1(O)CC[C@H]2[C@]12C=C[C@H](O)[C@@](C)(C(=O)O1)[C@H]2[C@@H]3C(=O)O. The summed E-state index contributed by atoms with van der Waals surface area (Å²) in [5.74, 6) is -3.18. The van der Waals surface area contributed by atoms with Gasteiger partial charge in [0.05, 0.1) is 17.6 Å². The molecule has 5 rings (SSSR count). The van der Waals surface area contributed by atoms with Crippen molar-refractivity contribution in [2.45, 2.75) is 49.9 Å². The van der Waals surface area contributed by atoms with Crippen LogP contribution in [0.5, 0.6) is 0 Å². The lowest BCUT2D eigenvalue weighted by atomic mass is 9.61. The second-order valence-electron chi connectivity index (χ2n) is 8.94. The first kappa shape index (κ1) is 15.6. The van der Waals surface area contributed by atoms with Crippen molar-refractivity contribution in [2.24, 2.45) is 28.6 Å².